The van der Waals surface area contributed by atoms with Gasteiger partial charge in [0.15, 0.2) is 0 Å². The highest BCUT2D eigenvalue weighted by Crippen LogP contribution is 2.33. The van der Waals surface area contributed by atoms with Gasteiger partial charge >= 0.3 is 0 Å². The lowest BCUT2D eigenvalue weighted by atomic mass is 10.1. The number of thiazole rings is 1. The molecule has 0 bridgehead atoms. The molecule has 0 fully saturated rings. The van der Waals surface area contributed by atoms with E-state index in [1.54, 1.807) is 7.11 Å². The normalized spacial score (nSPS) is 15.1. The number of rotatable bonds is 6. The zero-order valence-electron chi connectivity index (χ0n) is 12.6. The van der Waals surface area contributed by atoms with Gasteiger partial charge in [-0.05, 0) is 37.8 Å². The Labute approximate surface area is 129 Å². The number of methoxy groups -OCH3 is 1. The number of aromatic nitrogens is 2. The smallest absolute Gasteiger partial charge is 0.115 e. The first-order valence-corrected chi connectivity index (χ1v) is 8.23. The average molecular weight is 303 g/mol. The van der Waals surface area contributed by atoms with Crippen molar-refractivity contribution in [2.75, 3.05) is 20.3 Å². The SMILES string of the molecule is COCCNC(c1ccc(C)nc1)c1nc2c(s1)CCC2. The van der Waals surface area contributed by atoms with Gasteiger partial charge in [0.1, 0.15) is 5.01 Å². The molecule has 2 aromatic rings. The van der Waals surface area contributed by atoms with Crippen molar-refractivity contribution in [3.63, 3.8) is 0 Å². The van der Waals surface area contributed by atoms with Crippen LogP contribution in [0.15, 0.2) is 18.3 Å². The molecule has 0 saturated heterocycles. The van der Waals surface area contributed by atoms with Crippen LogP contribution in [0.4, 0.5) is 0 Å². The Kier molecular flexibility index (Phi) is 4.63. The van der Waals surface area contributed by atoms with E-state index in [1.165, 1.54) is 29.0 Å². The summed E-state index contributed by atoms with van der Waals surface area (Å²) in [4.78, 5) is 10.7. The summed E-state index contributed by atoms with van der Waals surface area (Å²) in [5.41, 5.74) is 3.51. The first-order chi connectivity index (χ1) is 10.3. The molecule has 1 aliphatic rings. The molecular formula is C16H21N3OS. The van der Waals surface area contributed by atoms with Crippen LogP contribution in [0.3, 0.4) is 0 Å². The third kappa shape index (κ3) is 3.31. The minimum Gasteiger partial charge on any atom is -0.383 e. The van der Waals surface area contributed by atoms with Crippen LogP contribution in [-0.4, -0.2) is 30.2 Å². The van der Waals surface area contributed by atoms with E-state index in [2.05, 4.69) is 22.4 Å². The molecule has 2 heterocycles. The van der Waals surface area contributed by atoms with Gasteiger partial charge in [0.2, 0.25) is 0 Å². The highest BCUT2D eigenvalue weighted by atomic mass is 32.1. The van der Waals surface area contributed by atoms with E-state index in [9.17, 15) is 0 Å². The van der Waals surface area contributed by atoms with Gasteiger partial charge in [-0.25, -0.2) is 4.98 Å². The molecule has 112 valence electrons. The second-order valence-electron chi connectivity index (χ2n) is 5.39. The van der Waals surface area contributed by atoms with Crippen molar-refractivity contribution < 1.29 is 4.74 Å². The molecule has 4 nitrogen and oxygen atoms in total. The van der Waals surface area contributed by atoms with Crippen molar-refractivity contribution in [2.24, 2.45) is 0 Å². The first-order valence-electron chi connectivity index (χ1n) is 7.41. The molecule has 21 heavy (non-hydrogen) atoms. The zero-order valence-corrected chi connectivity index (χ0v) is 13.4. The highest BCUT2D eigenvalue weighted by Gasteiger charge is 2.23. The summed E-state index contributed by atoms with van der Waals surface area (Å²) in [7, 11) is 1.72. The first kappa shape index (κ1) is 14.6. The number of pyridine rings is 1. The Morgan fingerprint density at radius 3 is 3.00 bits per heavy atom. The van der Waals surface area contributed by atoms with Crippen LogP contribution in [-0.2, 0) is 17.6 Å². The topological polar surface area (TPSA) is 47.0 Å². The Hall–Kier alpha value is -1.30. The summed E-state index contributed by atoms with van der Waals surface area (Å²) in [6.07, 6.45) is 5.52. The van der Waals surface area contributed by atoms with Crippen LogP contribution >= 0.6 is 11.3 Å². The van der Waals surface area contributed by atoms with E-state index >= 15 is 0 Å². The van der Waals surface area contributed by atoms with E-state index in [0.717, 1.165) is 23.7 Å². The molecule has 0 aliphatic heterocycles. The maximum atomic E-state index is 5.15. The highest BCUT2D eigenvalue weighted by molar-refractivity contribution is 7.11. The van der Waals surface area contributed by atoms with E-state index in [-0.39, 0.29) is 6.04 Å². The summed E-state index contributed by atoms with van der Waals surface area (Å²) in [6.45, 7) is 3.51. The van der Waals surface area contributed by atoms with Gasteiger partial charge in [0.25, 0.3) is 0 Å². The van der Waals surface area contributed by atoms with E-state index in [4.69, 9.17) is 9.72 Å². The fraction of sp³-hybridized carbons (Fsp3) is 0.500. The zero-order chi connectivity index (χ0) is 14.7. The lowest BCUT2D eigenvalue weighted by Crippen LogP contribution is -2.26. The van der Waals surface area contributed by atoms with Crippen LogP contribution in [0.25, 0.3) is 0 Å². The second kappa shape index (κ2) is 6.64. The maximum Gasteiger partial charge on any atom is 0.115 e. The van der Waals surface area contributed by atoms with Crippen molar-refractivity contribution in [3.8, 4) is 0 Å². The maximum absolute atomic E-state index is 5.15. The standard InChI is InChI=1S/C16H21N3OS/c1-11-6-7-12(10-18-11)15(17-8-9-20-2)16-19-13-4-3-5-14(13)21-16/h6-7,10,15,17H,3-5,8-9H2,1-2H3. The van der Waals surface area contributed by atoms with Crippen LogP contribution in [0.1, 0.15) is 39.3 Å². The largest absolute Gasteiger partial charge is 0.383 e. The third-order valence-corrected chi connectivity index (χ3v) is 5.00. The molecule has 1 unspecified atom stereocenters. The molecular weight excluding hydrogens is 282 g/mol. The van der Waals surface area contributed by atoms with E-state index < -0.39 is 0 Å². The Balaban J connectivity index is 1.85. The molecule has 0 spiro atoms. The van der Waals surface area contributed by atoms with Crippen molar-refractivity contribution in [1.82, 2.24) is 15.3 Å². The summed E-state index contributed by atoms with van der Waals surface area (Å²) >= 11 is 1.84. The third-order valence-electron chi connectivity index (χ3n) is 3.78. The quantitative estimate of drug-likeness (QED) is 0.834. The van der Waals surface area contributed by atoms with Crippen molar-refractivity contribution >= 4 is 11.3 Å². The van der Waals surface area contributed by atoms with Crippen LogP contribution in [0, 0.1) is 6.92 Å². The van der Waals surface area contributed by atoms with Gasteiger partial charge in [0.05, 0.1) is 18.3 Å². The second-order valence-corrected chi connectivity index (χ2v) is 6.50. The van der Waals surface area contributed by atoms with Crippen molar-refractivity contribution in [1.29, 1.82) is 0 Å². The molecule has 1 N–H and O–H groups in total. The average Bonchev–Trinajstić information content (AvgIpc) is 3.06. The molecule has 3 rings (SSSR count). The monoisotopic (exact) mass is 303 g/mol. The molecule has 0 aromatic carbocycles. The number of nitrogens with zero attached hydrogens (tertiary/aromatic N) is 2. The summed E-state index contributed by atoms with van der Waals surface area (Å²) < 4.78 is 5.15. The number of hydrogen-bond donors (Lipinski definition) is 1. The molecule has 5 heteroatoms. The molecule has 2 aromatic heterocycles. The molecule has 0 radical (unpaired) electrons. The molecule has 1 aliphatic carbocycles. The van der Waals surface area contributed by atoms with Gasteiger partial charge in [-0.2, -0.15) is 0 Å². The summed E-state index contributed by atoms with van der Waals surface area (Å²) in [6, 6.07) is 4.31. The number of ether oxygens (including phenoxy) is 1. The van der Waals surface area contributed by atoms with Gasteiger partial charge in [-0.1, -0.05) is 6.07 Å². The van der Waals surface area contributed by atoms with Gasteiger partial charge in [-0.15, -0.1) is 11.3 Å². The van der Waals surface area contributed by atoms with Crippen LogP contribution in [0.5, 0.6) is 0 Å². The lowest BCUT2D eigenvalue weighted by Gasteiger charge is -2.17. The summed E-state index contributed by atoms with van der Waals surface area (Å²) in [5, 5.41) is 4.70. The predicted octanol–water partition coefficient (Wildman–Crippen LogP) is 2.66. The molecule has 0 amide bonds. The fourth-order valence-electron chi connectivity index (χ4n) is 2.64. The number of nitrogens with one attached hydrogen (secondary N) is 1. The van der Waals surface area contributed by atoms with Crippen molar-refractivity contribution in [3.05, 3.63) is 45.2 Å². The Morgan fingerprint density at radius 2 is 2.29 bits per heavy atom. The Morgan fingerprint density at radius 1 is 1.38 bits per heavy atom. The minimum atomic E-state index is 0.115. The summed E-state index contributed by atoms with van der Waals surface area (Å²) in [5.74, 6) is 0. The van der Waals surface area contributed by atoms with Gasteiger partial charge in [-0.3, -0.25) is 4.98 Å². The minimum absolute atomic E-state index is 0.115. The van der Waals surface area contributed by atoms with Crippen molar-refractivity contribution in [2.45, 2.75) is 32.2 Å². The van der Waals surface area contributed by atoms with Crippen LogP contribution < -0.4 is 5.32 Å². The Bertz CT molecular complexity index is 573. The van der Waals surface area contributed by atoms with E-state index in [1.807, 2.05) is 24.5 Å². The number of fused-ring (bicyclic) bond motifs is 1. The molecule has 1 atom stereocenters. The number of aryl methyl sites for hydroxylation is 3. The van der Waals surface area contributed by atoms with Crippen LogP contribution in [0.2, 0.25) is 0 Å². The predicted molar refractivity (Wildman–Crippen MR) is 84.8 cm³/mol. The van der Waals surface area contributed by atoms with Gasteiger partial charge < -0.3 is 10.1 Å². The fourth-order valence-corrected chi connectivity index (χ4v) is 3.89. The van der Waals surface area contributed by atoms with E-state index in [0.29, 0.717) is 6.61 Å². The number of hydrogen-bond acceptors (Lipinski definition) is 5. The molecule has 0 saturated carbocycles. The lowest BCUT2D eigenvalue weighted by molar-refractivity contribution is 0.197. The van der Waals surface area contributed by atoms with Gasteiger partial charge in [0, 0.05) is 30.4 Å².